The summed E-state index contributed by atoms with van der Waals surface area (Å²) in [6.07, 6.45) is 4.58. The van der Waals surface area contributed by atoms with Crippen molar-refractivity contribution in [3.05, 3.63) is 30.1 Å². The summed E-state index contributed by atoms with van der Waals surface area (Å²) >= 11 is 0. The summed E-state index contributed by atoms with van der Waals surface area (Å²) < 4.78 is 4.52. The third-order valence-electron chi connectivity index (χ3n) is 1.59. The van der Waals surface area contributed by atoms with E-state index < -0.39 is 0 Å². The van der Waals surface area contributed by atoms with Gasteiger partial charge in [0.15, 0.2) is 0 Å². The molecular weight excluding hydrogens is 153 g/mol. The molecule has 1 heterocycles. The van der Waals surface area contributed by atoms with Crippen LogP contribution >= 0.6 is 0 Å². The molecule has 0 aliphatic carbocycles. The average Bonchev–Trinajstić information content (AvgIpc) is 2.16. The Hall–Kier alpha value is -1.32. The van der Waals surface area contributed by atoms with Crippen molar-refractivity contribution < 1.29 is 9.45 Å². The van der Waals surface area contributed by atoms with Gasteiger partial charge in [0.1, 0.15) is 0 Å². The summed E-state index contributed by atoms with van der Waals surface area (Å²) in [6.45, 7) is 0. The number of carbonyl (C=O) groups excluding carboxylic acids is 1. The zero-order valence-corrected chi connectivity index (χ0v) is 6.99. The highest BCUT2D eigenvalue weighted by Crippen LogP contribution is 2.00. The van der Waals surface area contributed by atoms with E-state index in [2.05, 4.69) is 9.64 Å². The van der Waals surface area contributed by atoms with Gasteiger partial charge in [-0.2, -0.15) is 0 Å². The molecule has 1 rings (SSSR count). The number of aromatic nitrogens is 1. The van der Waals surface area contributed by atoms with Gasteiger partial charge in [-0.25, -0.2) is 0 Å². The number of carbonyl (C=O) groups is 1. The number of hydrogen-bond acceptors (Lipinski definition) is 3. The first-order valence-electron chi connectivity index (χ1n) is 3.78. The Morgan fingerprint density at radius 3 is 2.75 bits per heavy atom. The van der Waals surface area contributed by atoms with Crippen LogP contribution in [0.15, 0.2) is 24.5 Å². The van der Waals surface area contributed by atoms with Gasteiger partial charge in [0.05, 0.1) is 0 Å². The van der Waals surface area contributed by atoms with Crippen molar-refractivity contribution in [3.8, 4) is 0 Å². The molecule has 0 amide bonds. The SMILES string of the molecule is BOC(=O)CCc1ccncc1. The summed E-state index contributed by atoms with van der Waals surface area (Å²) in [6, 6.07) is 3.78. The Morgan fingerprint density at radius 2 is 2.17 bits per heavy atom. The van der Waals surface area contributed by atoms with Gasteiger partial charge in [-0.05, 0) is 24.1 Å². The van der Waals surface area contributed by atoms with E-state index in [1.165, 1.54) is 8.05 Å². The number of pyridine rings is 1. The van der Waals surface area contributed by atoms with Gasteiger partial charge in [0, 0.05) is 18.8 Å². The molecule has 0 radical (unpaired) electrons. The molecule has 3 nitrogen and oxygen atoms in total. The maximum absolute atomic E-state index is 10.7. The lowest BCUT2D eigenvalue weighted by molar-refractivity contribution is -0.133. The van der Waals surface area contributed by atoms with Crippen molar-refractivity contribution >= 4 is 14.0 Å². The smallest absolute Gasteiger partial charge is 0.325 e. The van der Waals surface area contributed by atoms with Crippen molar-refractivity contribution in [3.63, 3.8) is 0 Å². The predicted octanol–water partition coefficient (Wildman–Crippen LogP) is 0.105. The molecule has 0 unspecified atom stereocenters. The van der Waals surface area contributed by atoms with Crippen LogP contribution in [0.4, 0.5) is 0 Å². The maximum Gasteiger partial charge on any atom is 0.325 e. The minimum atomic E-state index is -0.174. The molecule has 0 saturated carbocycles. The van der Waals surface area contributed by atoms with Crippen molar-refractivity contribution in [2.45, 2.75) is 12.8 Å². The second-order valence-corrected chi connectivity index (χ2v) is 2.43. The third kappa shape index (κ3) is 2.74. The monoisotopic (exact) mass is 163 g/mol. The van der Waals surface area contributed by atoms with Gasteiger partial charge in [-0.1, -0.05) is 0 Å². The first-order chi connectivity index (χ1) is 5.83. The van der Waals surface area contributed by atoms with Gasteiger partial charge in [0.25, 0.3) is 5.97 Å². The number of rotatable bonds is 3. The number of hydrogen-bond donors (Lipinski definition) is 0. The number of aryl methyl sites for hydroxylation is 1. The molecule has 0 aliphatic rings. The summed E-state index contributed by atoms with van der Waals surface area (Å²) in [4.78, 5) is 14.6. The molecule has 4 heteroatoms. The fourth-order valence-electron chi connectivity index (χ4n) is 0.898. The Kier molecular flexibility index (Phi) is 3.32. The normalized spacial score (nSPS) is 9.33. The van der Waals surface area contributed by atoms with E-state index in [1.54, 1.807) is 12.4 Å². The van der Waals surface area contributed by atoms with Gasteiger partial charge in [-0.3, -0.25) is 9.78 Å². The first kappa shape index (κ1) is 8.78. The van der Waals surface area contributed by atoms with Crippen molar-refractivity contribution in [2.75, 3.05) is 0 Å². The standard InChI is InChI=1S/C8H10BNO2/c9-12-8(11)2-1-7-3-5-10-6-4-7/h3-6H,1-2,9H2. The molecule has 0 fully saturated rings. The van der Waals surface area contributed by atoms with Crippen molar-refractivity contribution in [2.24, 2.45) is 0 Å². The van der Waals surface area contributed by atoms with Crippen LogP contribution in [0.5, 0.6) is 0 Å². The molecule has 0 aliphatic heterocycles. The summed E-state index contributed by atoms with van der Waals surface area (Å²) in [7, 11) is 1.40. The Morgan fingerprint density at radius 1 is 1.50 bits per heavy atom. The lowest BCUT2D eigenvalue weighted by atomic mass is 10.1. The van der Waals surface area contributed by atoms with Gasteiger partial charge < -0.3 is 4.65 Å². The summed E-state index contributed by atoms with van der Waals surface area (Å²) in [5.41, 5.74) is 1.11. The molecule has 1 aromatic rings. The minimum absolute atomic E-state index is 0.174. The van der Waals surface area contributed by atoms with Crippen LogP contribution in [0.1, 0.15) is 12.0 Å². The quantitative estimate of drug-likeness (QED) is 0.593. The molecule has 0 aromatic carbocycles. The molecule has 0 atom stereocenters. The maximum atomic E-state index is 10.7. The zero-order valence-electron chi connectivity index (χ0n) is 6.99. The van der Waals surface area contributed by atoms with Crippen LogP contribution in [0.25, 0.3) is 0 Å². The fraction of sp³-hybridized carbons (Fsp3) is 0.250. The van der Waals surface area contributed by atoms with E-state index in [9.17, 15) is 4.79 Å². The Balaban J connectivity index is 2.38. The topological polar surface area (TPSA) is 39.2 Å². The highest BCUT2D eigenvalue weighted by molar-refractivity contribution is 6.05. The minimum Gasteiger partial charge on any atom is -0.543 e. The molecule has 0 bridgehead atoms. The first-order valence-corrected chi connectivity index (χ1v) is 3.78. The van der Waals surface area contributed by atoms with Crippen LogP contribution in [-0.4, -0.2) is 19.0 Å². The summed E-state index contributed by atoms with van der Waals surface area (Å²) in [5, 5.41) is 0. The van der Waals surface area contributed by atoms with Gasteiger partial charge in [0.2, 0.25) is 0 Å². The zero-order chi connectivity index (χ0) is 8.81. The Bertz CT molecular complexity index is 250. The molecular formula is C8H10BNO2. The van der Waals surface area contributed by atoms with E-state index in [4.69, 9.17) is 0 Å². The lowest BCUT2D eigenvalue weighted by Gasteiger charge is -1.99. The third-order valence-corrected chi connectivity index (χ3v) is 1.59. The van der Waals surface area contributed by atoms with Crippen LogP contribution in [0.2, 0.25) is 0 Å². The predicted molar refractivity (Wildman–Crippen MR) is 47.2 cm³/mol. The fourth-order valence-corrected chi connectivity index (χ4v) is 0.898. The van der Waals surface area contributed by atoms with Crippen molar-refractivity contribution in [1.82, 2.24) is 4.98 Å². The average molecular weight is 163 g/mol. The molecule has 1 aromatic heterocycles. The van der Waals surface area contributed by atoms with Crippen LogP contribution in [-0.2, 0) is 15.9 Å². The van der Waals surface area contributed by atoms with Gasteiger partial charge >= 0.3 is 8.05 Å². The molecule has 0 N–H and O–H groups in total. The van der Waals surface area contributed by atoms with Crippen molar-refractivity contribution in [1.29, 1.82) is 0 Å². The van der Waals surface area contributed by atoms with E-state index in [-0.39, 0.29) is 5.97 Å². The lowest BCUT2D eigenvalue weighted by Crippen LogP contribution is -2.02. The second kappa shape index (κ2) is 4.54. The molecule has 62 valence electrons. The molecule has 12 heavy (non-hydrogen) atoms. The number of nitrogens with zero attached hydrogens (tertiary/aromatic N) is 1. The Labute approximate surface area is 72.2 Å². The van der Waals surface area contributed by atoms with Crippen LogP contribution in [0, 0.1) is 0 Å². The van der Waals surface area contributed by atoms with E-state index >= 15 is 0 Å². The summed E-state index contributed by atoms with van der Waals surface area (Å²) in [5.74, 6) is -0.174. The van der Waals surface area contributed by atoms with Crippen LogP contribution < -0.4 is 0 Å². The van der Waals surface area contributed by atoms with E-state index in [0.29, 0.717) is 6.42 Å². The highest BCUT2D eigenvalue weighted by Gasteiger charge is 1.99. The van der Waals surface area contributed by atoms with Crippen LogP contribution in [0.3, 0.4) is 0 Å². The van der Waals surface area contributed by atoms with Gasteiger partial charge in [-0.15, -0.1) is 0 Å². The molecule has 0 spiro atoms. The highest BCUT2D eigenvalue weighted by atomic mass is 16.5. The molecule has 0 saturated heterocycles. The largest absolute Gasteiger partial charge is 0.543 e. The van der Waals surface area contributed by atoms with E-state index in [0.717, 1.165) is 12.0 Å². The van der Waals surface area contributed by atoms with E-state index in [1.807, 2.05) is 12.1 Å². The second-order valence-electron chi connectivity index (χ2n) is 2.43.